The minimum atomic E-state index is 0.0768. The van der Waals surface area contributed by atoms with Crippen LogP contribution >= 0.6 is 35.2 Å². The van der Waals surface area contributed by atoms with Crippen LogP contribution in [0.5, 0.6) is 5.75 Å². The Kier molecular flexibility index (Phi) is 7.05. The van der Waals surface area contributed by atoms with Gasteiger partial charge in [-0.3, -0.25) is 0 Å². The molecule has 0 saturated carbocycles. The van der Waals surface area contributed by atoms with Crippen molar-refractivity contribution in [1.82, 2.24) is 4.57 Å². The second kappa shape index (κ2) is 8.68. The zero-order chi connectivity index (χ0) is 19.5. The van der Waals surface area contributed by atoms with E-state index >= 15 is 0 Å². The largest absolute Gasteiger partial charge is 0.496 e. The van der Waals surface area contributed by atoms with Crippen LogP contribution in [0, 0.1) is 5.92 Å². The molecule has 2 rings (SSSR count). The maximum atomic E-state index is 6.14. The van der Waals surface area contributed by atoms with Crippen molar-refractivity contribution in [2.75, 3.05) is 7.11 Å². The van der Waals surface area contributed by atoms with Crippen molar-refractivity contribution in [3.8, 4) is 5.75 Å². The SMILES string of the molecule is COc1ccc(Cl)cc1C(=S)/N=c1\sc(C(C)(C)C)cn1CCC(C)C. The topological polar surface area (TPSA) is 26.5 Å². The second-order valence-electron chi connectivity index (χ2n) is 7.77. The third kappa shape index (κ3) is 5.41. The minimum Gasteiger partial charge on any atom is -0.496 e. The van der Waals surface area contributed by atoms with Gasteiger partial charge in [-0.05, 0) is 36.0 Å². The van der Waals surface area contributed by atoms with E-state index in [0.717, 1.165) is 23.3 Å². The fraction of sp³-hybridized carbons (Fsp3) is 0.500. The Morgan fingerprint density at radius 2 is 2.04 bits per heavy atom. The van der Waals surface area contributed by atoms with Gasteiger partial charge in [0.2, 0.25) is 0 Å². The summed E-state index contributed by atoms with van der Waals surface area (Å²) in [5.41, 5.74) is 0.823. The number of hydrogen-bond donors (Lipinski definition) is 0. The molecule has 0 aliphatic rings. The molecule has 0 saturated heterocycles. The first-order valence-electron chi connectivity index (χ1n) is 8.75. The number of halogens is 1. The lowest BCUT2D eigenvalue weighted by Crippen LogP contribution is -2.17. The van der Waals surface area contributed by atoms with Crippen molar-refractivity contribution in [3.63, 3.8) is 0 Å². The van der Waals surface area contributed by atoms with E-state index in [4.69, 9.17) is 33.5 Å². The van der Waals surface area contributed by atoms with E-state index in [1.807, 2.05) is 12.1 Å². The van der Waals surface area contributed by atoms with E-state index in [2.05, 4.69) is 45.4 Å². The Bertz CT molecular complexity index is 844. The average molecular weight is 411 g/mol. The Morgan fingerprint density at radius 3 is 2.62 bits per heavy atom. The molecule has 0 radical (unpaired) electrons. The van der Waals surface area contributed by atoms with Gasteiger partial charge in [-0.25, -0.2) is 4.99 Å². The second-order valence-corrected chi connectivity index (χ2v) is 9.60. The molecule has 0 spiro atoms. The summed E-state index contributed by atoms with van der Waals surface area (Å²) < 4.78 is 7.64. The molecule has 0 unspecified atom stereocenters. The van der Waals surface area contributed by atoms with Gasteiger partial charge < -0.3 is 9.30 Å². The quantitative estimate of drug-likeness (QED) is 0.579. The molecule has 0 atom stereocenters. The van der Waals surface area contributed by atoms with Crippen molar-refractivity contribution >= 4 is 40.1 Å². The molecule has 2 aromatic rings. The summed E-state index contributed by atoms with van der Waals surface area (Å²) in [5.74, 6) is 1.32. The predicted molar refractivity (Wildman–Crippen MR) is 116 cm³/mol. The highest BCUT2D eigenvalue weighted by molar-refractivity contribution is 7.80. The van der Waals surface area contributed by atoms with Gasteiger partial charge in [0.1, 0.15) is 10.7 Å². The van der Waals surface area contributed by atoms with Crippen LogP contribution in [-0.4, -0.2) is 16.7 Å². The normalized spacial score (nSPS) is 12.7. The number of ether oxygens (including phenoxy) is 1. The standard InChI is InChI=1S/C20H27ClN2OS2/c1-13(2)9-10-23-12-17(20(3,4)5)26-19(23)22-18(25)15-11-14(21)7-8-16(15)24-6/h7-8,11-13H,9-10H2,1-6H3/b22-19-. The molecule has 0 fully saturated rings. The van der Waals surface area contributed by atoms with E-state index < -0.39 is 0 Å². The first kappa shape index (κ1) is 21.1. The third-order valence-corrected chi connectivity index (χ3v) is 5.99. The van der Waals surface area contributed by atoms with Crippen molar-refractivity contribution in [3.05, 3.63) is 44.7 Å². The molecule has 0 N–H and O–H groups in total. The number of methoxy groups -OCH3 is 1. The molecule has 26 heavy (non-hydrogen) atoms. The summed E-state index contributed by atoms with van der Waals surface area (Å²) in [5, 5.41) is 0.618. The van der Waals surface area contributed by atoms with Gasteiger partial charge in [0.25, 0.3) is 0 Å². The average Bonchev–Trinajstić information content (AvgIpc) is 2.96. The number of nitrogens with zero attached hydrogens (tertiary/aromatic N) is 2. The highest BCUT2D eigenvalue weighted by Crippen LogP contribution is 2.26. The molecule has 0 aliphatic heterocycles. The lowest BCUT2D eigenvalue weighted by molar-refractivity contribution is 0.414. The van der Waals surface area contributed by atoms with Gasteiger partial charge in [-0.1, -0.05) is 58.4 Å². The lowest BCUT2D eigenvalue weighted by Gasteiger charge is -2.14. The molecule has 1 heterocycles. The maximum absolute atomic E-state index is 6.14. The van der Waals surface area contributed by atoms with Crippen molar-refractivity contribution in [2.24, 2.45) is 10.9 Å². The molecule has 0 amide bonds. The third-order valence-electron chi connectivity index (χ3n) is 4.00. The monoisotopic (exact) mass is 410 g/mol. The lowest BCUT2D eigenvalue weighted by atomic mass is 9.95. The fourth-order valence-electron chi connectivity index (χ4n) is 2.37. The van der Waals surface area contributed by atoms with E-state index in [1.165, 1.54) is 4.88 Å². The van der Waals surface area contributed by atoms with Crippen LogP contribution in [0.15, 0.2) is 29.4 Å². The number of thiazole rings is 1. The Labute approximate surface area is 170 Å². The number of benzene rings is 1. The predicted octanol–water partition coefficient (Wildman–Crippen LogP) is 5.83. The highest BCUT2D eigenvalue weighted by Gasteiger charge is 2.18. The number of rotatable bonds is 5. The highest BCUT2D eigenvalue weighted by atomic mass is 35.5. The molecule has 1 aromatic carbocycles. The van der Waals surface area contributed by atoms with Gasteiger partial charge in [-0.15, -0.1) is 11.3 Å². The van der Waals surface area contributed by atoms with Crippen LogP contribution in [0.3, 0.4) is 0 Å². The van der Waals surface area contributed by atoms with Crippen molar-refractivity contribution in [1.29, 1.82) is 0 Å². The van der Waals surface area contributed by atoms with Gasteiger partial charge in [0.05, 0.1) is 12.7 Å². The number of aromatic nitrogens is 1. The van der Waals surface area contributed by atoms with E-state index in [1.54, 1.807) is 24.5 Å². The number of hydrogen-bond acceptors (Lipinski definition) is 3. The van der Waals surface area contributed by atoms with Gasteiger partial charge in [0.15, 0.2) is 4.80 Å². The molecule has 142 valence electrons. The zero-order valence-corrected chi connectivity index (χ0v) is 18.7. The summed E-state index contributed by atoms with van der Waals surface area (Å²) in [6, 6.07) is 5.42. The van der Waals surface area contributed by atoms with Gasteiger partial charge in [-0.2, -0.15) is 0 Å². The summed E-state index contributed by atoms with van der Waals surface area (Å²) in [4.78, 5) is 7.47. The van der Waals surface area contributed by atoms with Crippen LogP contribution in [0.1, 0.15) is 51.5 Å². The Morgan fingerprint density at radius 1 is 1.35 bits per heavy atom. The first-order chi connectivity index (χ1) is 12.1. The molecule has 3 nitrogen and oxygen atoms in total. The maximum Gasteiger partial charge on any atom is 0.191 e. The van der Waals surface area contributed by atoms with E-state index in [9.17, 15) is 0 Å². The molecular weight excluding hydrogens is 384 g/mol. The Balaban J connectivity index is 2.49. The summed E-state index contributed by atoms with van der Waals surface area (Å²) in [6.07, 6.45) is 3.31. The molecule has 6 heteroatoms. The zero-order valence-electron chi connectivity index (χ0n) is 16.3. The molecule has 1 aromatic heterocycles. The van der Waals surface area contributed by atoms with Crippen LogP contribution in [0.4, 0.5) is 0 Å². The van der Waals surface area contributed by atoms with Crippen LogP contribution in [0.25, 0.3) is 0 Å². The first-order valence-corrected chi connectivity index (χ1v) is 10.4. The van der Waals surface area contributed by atoms with E-state index in [0.29, 0.717) is 21.7 Å². The smallest absolute Gasteiger partial charge is 0.191 e. The molecule has 0 aliphatic carbocycles. The fourth-order valence-corrected chi connectivity index (χ4v) is 3.92. The molecular formula is C20H27ClN2OS2. The Hall–Kier alpha value is -1.17. The van der Waals surface area contributed by atoms with Gasteiger partial charge >= 0.3 is 0 Å². The summed E-state index contributed by atoms with van der Waals surface area (Å²) in [6.45, 7) is 12.0. The minimum absolute atomic E-state index is 0.0768. The van der Waals surface area contributed by atoms with E-state index in [-0.39, 0.29) is 5.41 Å². The van der Waals surface area contributed by atoms with Crippen LogP contribution < -0.4 is 9.54 Å². The van der Waals surface area contributed by atoms with Crippen molar-refractivity contribution in [2.45, 2.75) is 53.0 Å². The van der Waals surface area contributed by atoms with Crippen LogP contribution in [0.2, 0.25) is 5.02 Å². The number of aryl methyl sites for hydroxylation is 1. The van der Waals surface area contributed by atoms with Crippen LogP contribution in [-0.2, 0) is 12.0 Å². The molecule has 0 bridgehead atoms. The number of thiocarbonyl (C=S) groups is 1. The van der Waals surface area contributed by atoms with Crippen molar-refractivity contribution < 1.29 is 4.74 Å². The van der Waals surface area contributed by atoms with Gasteiger partial charge in [0, 0.05) is 22.6 Å². The summed E-state index contributed by atoms with van der Waals surface area (Å²) in [7, 11) is 1.63. The summed E-state index contributed by atoms with van der Waals surface area (Å²) >= 11 is 13.4.